The molecule has 0 saturated carbocycles. The van der Waals surface area contributed by atoms with Crippen molar-refractivity contribution in [1.82, 2.24) is 9.80 Å². The number of piperazine rings is 1. The molecule has 1 saturated heterocycles. The molecule has 1 fully saturated rings. The van der Waals surface area contributed by atoms with Gasteiger partial charge in [-0.25, -0.2) is 0 Å². The van der Waals surface area contributed by atoms with Crippen molar-refractivity contribution in [3.8, 4) is 5.75 Å². The highest BCUT2D eigenvalue weighted by atomic mass is 16.5. The Labute approximate surface area is 180 Å². The van der Waals surface area contributed by atoms with Crippen molar-refractivity contribution in [2.45, 2.75) is 32.3 Å². The topological polar surface area (TPSA) is 53.0 Å². The molecule has 1 amide bonds. The van der Waals surface area contributed by atoms with Crippen molar-refractivity contribution < 1.29 is 14.6 Å². The fraction of sp³-hybridized carbons (Fsp3) is 0.480. The summed E-state index contributed by atoms with van der Waals surface area (Å²) in [5.74, 6) is 1.01. The Bertz CT molecular complexity index is 818. The van der Waals surface area contributed by atoms with E-state index in [0.29, 0.717) is 12.8 Å². The van der Waals surface area contributed by atoms with Gasteiger partial charge in [0.25, 0.3) is 0 Å². The van der Waals surface area contributed by atoms with Gasteiger partial charge in [0.05, 0.1) is 19.1 Å². The molecule has 3 rings (SSSR count). The zero-order chi connectivity index (χ0) is 21.6. The summed E-state index contributed by atoms with van der Waals surface area (Å²) in [6.07, 6.45) is 1.10. The first-order chi connectivity index (χ1) is 14.5. The maximum atomic E-state index is 12.6. The second kappa shape index (κ2) is 10.1. The number of rotatable bonds is 8. The summed E-state index contributed by atoms with van der Waals surface area (Å²) >= 11 is 0. The molecule has 30 heavy (non-hydrogen) atoms. The monoisotopic (exact) mass is 410 g/mol. The van der Waals surface area contributed by atoms with Crippen molar-refractivity contribution >= 4 is 5.91 Å². The summed E-state index contributed by atoms with van der Waals surface area (Å²) in [6.45, 7) is 8.07. The quantitative estimate of drug-likeness (QED) is 0.725. The number of nitrogens with zero attached hydrogens (tertiary/aromatic N) is 2. The molecular formula is C25H34N2O3. The second-order valence-corrected chi connectivity index (χ2v) is 8.25. The van der Waals surface area contributed by atoms with Crippen LogP contribution < -0.4 is 4.74 Å². The molecule has 0 aliphatic carbocycles. The van der Waals surface area contributed by atoms with Gasteiger partial charge in [-0.2, -0.15) is 0 Å². The predicted octanol–water partition coefficient (Wildman–Crippen LogP) is 3.32. The number of hydrogen-bond acceptors (Lipinski definition) is 4. The Morgan fingerprint density at radius 3 is 2.43 bits per heavy atom. The minimum Gasteiger partial charge on any atom is -0.497 e. The zero-order valence-electron chi connectivity index (χ0n) is 18.4. The molecule has 0 aromatic heterocycles. The number of aliphatic hydroxyl groups is 1. The largest absolute Gasteiger partial charge is 0.497 e. The van der Waals surface area contributed by atoms with E-state index >= 15 is 0 Å². The number of carbonyl (C=O) groups excluding carboxylic acids is 1. The predicted molar refractivity (Wildman–Crippen MR) is 120 cm³/mol. The number of ether oxygens (including phenoxy) is 1. The third-order valence-corrected chi connectivity index (χ3v) is 6.38. The van der Waals surface area contributed by atoms with Gasteiger partial charge in [0.2, 0.25) is 5.91 Å². The van der Waals surface area contributed by atoms with Gasteiger partial charge in [-0.3, -0.25) is 9.69 Å². The Kier molecular flexibility index (Phi) is 7.51. The van der Waals surface area contributed by atoms with Crippen LogP contribution in [0.1, 0.15) is 31.4 Å². The molecule has 162 valence electrons. The fourth-order valence-electron chi connectivity index (χ4n) is 4.33. The highest BCUT2D eigenvalue weighted by molar-refractivity contribution is 5.78. The molecule has 2 aromatic carbocycles. The van der Waals surface area contributed by atoms with E-state index in [9.17, 15) is 9.90 Å². The van der Waals surface area contributed by atoms with Crippen molar-refractivity contribution in [2.75, 3.05) is 39.8 Å². The van der Waals surface area contributed by atoms with Crippen LogP contribution in [0, 0.1) is 5.92 Å². The Hall–Kier alpha value is -2.37. The molecule has 1 aliphatic heterocycles. The second-order valence-electron chi connectivity index (χ2n) is 8.25. The van der Waals surface area contributed by atoms with Crippen LogP contribution in [0.15, 0.2) is 54.6 Å². The van der Waals surface area contributed by atoms with Gasteiger partial charge in [-0.15, -0.1) is 0 Å². The molecule has 1 N–H and O–H groups in total. The highest BCUT2D eigenvalue weighted by Crippen LogP contribution is 2.35. The molecule has 0 spiro atoms. The highest BCUT2D eigenvalue weighted by Gasteiger charge is 2.36. The zero-order valence-corrected chi connectivity index (χ0v) is 18.4. The van der Waals surface area contributed by atoms with Gasteiger partial charge in [0.15, 0.2) is 0 Å². The van der Waals surface area contributed by atoms with E-state index in [4.69, 9.17) is 4.74 Å². The minimum atomic E-state index is -0.908. The van der Waals surface area contributed by atoms with Gasteiger partial charge < -0.3 is 14.7 Å². The van der Waals surface area contributed by atoms with Gasteiger partial charge in [0, 0.05) is 38.6 Å². The van der Waals surface area contributed by atoms with E-state index in [1.54, 1.807) is 7.11 Å². The molecule has 0 bridgehead atoms. The van der Waals surface area contributed by atoms with E-state index < -0.39 is 5.60 Å². The third kappa shape index (κ3) is 5.21. The summed E-state index contributed by atoms with van der Waals surface area (Å²) < 4.78 is 5.34. The molecule has 5 heteroatoms. The van der Waals surface area contributed by atoms with E-state index in [0.717, 1.165) is 49.6 Å². The fourth-order valence-corrected chi connectivity index (χ4v) is 4.33. The smallest absolute Gasteiger partial charge is 0.227 e. The summed E-state index contributed by atoms with van der Waals surface area (Å²) in [6, 6.07) is 17.6. The van der Waals surface area contributed by atoms with Crippen LogP contribution in [0.4, 0.5) is 0 Å². The van der Waals surface area contributed by atoms with E-state index in [1.807, 2.05) is 66.4 Å². The number of hydrogen-bond donors (Lipinski definition) is 1. The van der Waals surface area contributed by atoms with Crippen LogP contribution in [0.2, 0.25) is 0 Å². The summed E-state index contributed by atoms with van der Waals surface area (Å²) in [4.78, 5) is 16.9. The standard InChI is InChI=1S/C25H34N2O3/c1-4-25(29,22-11-8-12-23(18-22)30-3)20(2)19-26-13-15-27(16-14-26)24(28)17-21-9-6-5-7-10-21/h5-12,18,20,29H,4,13-17,19H2,1-3H3. The molecule has 0 radical (unpaired) electrons. The summed E-state index contributed by atoms with van der Waals surface area (Å²) in [5.41, 5.74) is 1.05. The SMILES string of the molecule is CCC(O)(c1cccc(OC)c1)C(C)CN1CCN(C(=O)Cc2ccccc2)CC1. The van der Waals surface area contributed by atoms with Gasteiger partial charge in [-0.05, 0) is 29.7 Å². The number of amides is 1. The van der Waals surface area contributed by atoms with Crippen molar-refractivity contribution in [3.05, 3.63) is 65.7 Å². The Balaban J connectivity index is 1.56. The first-order valence-electron chi connectivity index (χ1n) is 10.9. The van der Waals surface area contributed by atoms with Crippen LogP contribution in [0.3, 0.4) is 0 Å². The van der Waals surface area contributed by atoms with E-state index in [1.165, 1.54) is 0 Å². The molecule has 2 unspecified atom stereocenters. The van der Waals surface area contributed by atoms with Crippen molar-refractivity contribution in [2.24, 2.45) is 5.92 Å². The summed E-state index contributed by atoms with van der Waals surface area (Å²) in [7, 11) is 1.64. The molecule has 2 aromatic rings. The normalized spacial score (nSPS) is 17.9. The maximum absolute atomic E-state index is 12.6. The molecular weight excluding hydrogens is 376 g/mol. The Morgan fingerprint density at radius 2 is 1.80 bits per heavy atom. The van der Waals surface area contributed by atoms with Gasteiger partial charge in [-0.1, -0.05) is 56.3 Å². The van der Waals surface area contributed by atoms with E-state index in [2.05, 4.69) is 11.8 Å². The van der Waals surface area contributed by atoms with Crippen LogP contribution >= 0.6 is 0 Å². The maximum Gasteiger partial charge on any atom is 0.227 e. The van der Waals surface area contributed by atoms with Gasteiger partial charge in [0.1, 0.15) is 5.75 Å². The molecule has 2 atom stereocenters. The third-order valence-electron chi connectivity index (χ3n) is 6.38. The average Bonchev–Trinajstić information content (AvgIpc) is 2.79. The lowest BCUT2D eigenvalue weighted by Gasteiger charge is -2.40. The van der Waals surface area contributed by atoms with Crippen LogP contribution in [-0.4, -0.2) is 60.6 Å². The first-order valence-corrected chi connectivity index (χ1v) is 10.9. The molecule has 1 heterocycles. The molecule has 1 aliphatic rings. The minimum absolute atomic E-state index is 0.0566. The molecule has 5 nitrogen and oxygen atoms in total. The van der Waals surface area contributed by atoms with Crippen LogP contribution in [0.5, 0.6) is 5.75 Å². The summed E-state index contributed by atoms with van der Waals surface area (Å²) in [5, 5.41) is 11.5. The van der Waals surface area contributed by atoms with Gasteiger partial charge >= 0.3 is 0 Å². The van der Waals surface area contributed by atoms with Crippen LogP contribution in [-0.2, 0) is 16.8 Å². The van der Waals surface area contributed by atoms with Crippen molar-refractivity contribution in [1.29, 1.82) is 0 Å². The van der Waals surface area contributed by atoms with E-state index in [-0.39, 0.29) is 11.8 Å². The average molecular weight is 411 g/mol. The van der Waals surface area contributed by atoms with Crippen molar-refractivity contribution in [3.63, 3.8) is 0 Å². The lowest BCUT2D eigenvalue weighted by molar-refractivity contribution is -0.132. The number of carbonyl (C=O) groups is 1. The lowest BCUT2D eigenvalue weighted by atomic mass is 9.79. The number of benzene rings is 2. The van der Waals surface area contributed by atoms with Crippen LogP contribution in [0.25, 0.3) is 0 Å². The number of methoxy groups -OCH3 is 1. The lowest BCUT2D eigenvalue weighted by Crippen LogP contribution is -2.51. The first kappa shape index (κ1) is 22.3. The Morgan fingerprint density at radius 1 is 1.10 bits per heavy atom.